The molecule has 0 amide bonds. The van der Waals surface area contributed by atoms with E-state index in [1.54, 1.807) is 18.0 Å². The smallest absolute Gasteiger partial charge is 0.291 e. The number of hydroxylamine groups is 1. The van der Waals surface area contributed by atoms with Crippen LogP contribution in [0, 0.1) is 6.92 Å². The number of rotatable bonds is 4. The van der Waals surface area contributed by atoms with E-state index in [-0.39, 0.29) is 10.9 Å². The van der Waals surface area contributed by atoms with Crippen molar-refractivity contribution in [2.24, 2.45) is 0 Å². The Balaban J connectivity index is 1.91. The van der Waals surface area contributed by atoms with Gasteiger partial charge in [-0.05, 0) is 43.2 Å². The van der Waals surface area contributed by atoms with Crippen molar-refractivity contribution in [3.63, 3.8) is 0 Å². The summed E-state index contributed by atoms with van der Waals surface area (Å²) in [6.07, 6.45) is 1.55. The summed E-state index contributed by atoms with van der Waals surface area (Å²) in [7, 11) is 0. The summed E-state index contributed by atoms with van der Waals surface area (Å²) in [5, 5.41) is 10.8. The molecule has 3 rings (SSSR count). The Bertz CT molecular complexity index is 785. The second-order valence-corrected chi connectivity index (χ2v) is 9.17. The van der Waals surface area contributed by atoms with E-state index in [2.05, 4.69) is 37.8 Å². The van der Waals surface area contributed by atoms with Gasteiger partial charge in [0.15, 0.2) is 0 Å². The Kier molecular flexibility index (Phi) is 5.16. The van der Waals surface area contributed by atoms with Gasteiger partial charge in [0, 0.05) is 5.56 Å². The van der Waals surface area contributed by atoms with Gasteiger partial charge < -0.3 is 0 Å². The first-order chi connectivity index (χ1) is 11.9. The zero-order chi connectivity index (χ0) is 18.0. The van der Waals surface area contributed by atoms with Gasteiger partial charge in [-0.25, -0.2) is 0 Å². The van der Waals surface area contributed by atoms with Crippen molar-refractivity contribution < 1.29 is 9.95 Å². The van der Waals surface area contributed by atoms with Crippen LogP contribution in [0.1, 0.15) is 30.5 Å². The van der Waals surface area contributed by atoms with Crippen LogP contribution in [0.3, 0.4) is 0 Å². The molecule has 5 heteroatoms. The maximum Gasteiger partial charge on any atom is 0.292 e. The van der Waals surface area contributed by atoms with Gasteiger partial charge in [-0.1, -0.05) is 72.0 Å². The lowest BCUT2D eigenvalue weighted by atomic mass is 10.1. The van der Waals surface area contributed by atoms with Gasteiger partial charge in [0.05, 0.1) is 6.54 Å². The largest absolute Gasteiger partial charge is 0.292 e. The van der Waals surface area contributed by atoms with Crippen molar-refractivity contribution >= 4 is 34.5 Å². The Hall–Kier alpha value is -1.85. The Morgan fingerprint density at radius 1 is 1.16 bits per heavy atom. The molecule has 1 fully saturated rings. The number of thioether (sulfide) groups is 1. The van der Waals surface area contributed by atoms with Gasteiger partial charge in [-0.2, -0.15) is 0 Å². The number of benzene rings is 2. The minimum atomic E-state index is -0.230. The summed E-state index contributed by atoms with van der Waals surface area (Å²) >= 11 is 7.24. The molecular formula is C20H23N2OS2+. The number of nitrogens with zero attached hydrogens (tertiary/aromatic N) is 2. The van der Waals surface area contributed by atoms with E-state index in [4.69, 9.17) is 12.2 Å². The van der Waals surface area contributed by atoms with Crippen LogP contribution in [0.15, 0.2) is 54.6 Å². The van der Waals surface area contributed by atoms with E-state index < -0.39 is 0 Å². The van der Waals surface area contributed by atoms with E-state index in [0.717, 1.165) is 9.88 Å². The third-order valence-corrected chi connectivity index (χ3v) is 5.94. The molecule has 0 bridgehead atoms. The highest BCUT2D eigenvalue weighted by molar-refractivity contribution is 8.24. The molecule has 0 aliphatic carbocycles. The SMILES string of the molecule is Cc1ccc(C=[N+](O)C2N(Cc3ccccc3)C(=S)SC2(C)C)cc1. The summed E-state index contributed by atoms with van der Waals surface area (Å²) in [5.41, 5.74) is 3.34. The lowest BCUT2D eigenvalue weighted by Gasteiger charge is -2.25. The molecule has 130 valence electrons. The van der Waals surface area contributed by atoms with Crippen molar-refractivity contribution in [2.75, 3.05) is 0 Å². The van der Waals surface area contributed by atoms with Crippen LogP contribution in [0.25, 0.3) is 0 Å². The predicted octanol–water partition coefficient (Wildman–Crippen LogP) is 4.45. The van der Waals surface area contributed by atoms with Crippen LogP contribution in [-0.4, -0.2) is 36.3 Å². The highest BCUT2D eigenvalue weighted by Crippen LogP contribution is 2.42. The molecule has 1 atom stereocenters. The van der Waals surface area contributed by atoms with Crippen LogP contribution in [0.4, 0.5) is 0 Å². The molecule has 1 aliphatic heterocycles. The highest BCUT2D eigenvalue weighted by atomic mass is 32.2. The molecule has 1 N–H and O–H groups in total. The van der Waals surface area contributed by atoms with Gasteiger partial charge >= 0.3 is 0 Å². The Labute approximate surface area is 158 Å². The van der Waals surface area contributed by atoms with Crippen LogP contribution in [-0.2, 0) is 6.54 Å². The first kappa shape index (κ1) is 18.0. The van der Waals surface area contributed by atoms with Crippen LogP contribution in [0.5, 0.6) is 0 Å². The molecule has 2 aromatic carbocycles. The van der Waals surface area contributed by atoms with Crippen molar-refractivity contribution in [3.05, 3.63) is 71.3 Å². The first-order valence-electron chi connectivity index (χ1n) is 8.29. The van der Waals surface area contributed by atoms with Crippen LogP contribution >= 0.6 is 24.0 Å². The number of aryl methyl sites for hydroxylation is 1. The van der Waals surface area contributed by atoms with E-state index in [1.807, 2.05) is 42.5 Å². The molecule has 3 nitrogen and oxygen atoms in total. The lowest BCUT2D eigenvalue weighted by Crippen LogP contribution is -2.48. The molecule has 0 radical (unpaired) electrons. The van der Waals surface area contributed by atoms with E-state index in [9.17, 15) is 5.21 Å². The van der Waals surface area contributed by atoms with Gasteiger partial charge in [-0.3, -0.25) is 10.1 Å². The fraction of sp³-hybridized carbons (Fsp3) is 0.300. The number of hydrogen-bond donors (Lipinski definition) is 1. The molecule has 0 aromatic heterocycles. The third kappa shape index (κ3) is 4.05. The molecule has 2 aromatic rings. The molecule has 1 aliphatic rings. The normalized spacial score (nSPS) is 20.1. The first-order valence-corrected chi connectivity index (χ1v) is 9.51. The minimum Gasteiger partial charge on any atom is -0.291 e. The minimum absolute atomic E-state index is 0.220. The van der Waals surface area contributed by atoms with Crippen LogP contribution in [0.2, 0.25) is 0 Å². The summed E-state index contributed by atoms with van der Waals surface area (Å²) in [4.78, 5) is 2.10. The quantitative estimate of drug-likeness (QED) is 0.282. The van der Waals surface area contributed by atoms with Crippen LogP contribution < -0.4 is 0 Å². The Morgan fingerprint density at radius 3 is 2.44 bits per heavy atom. The summed E-state index contributed by atoms with van der Waals surface area (Å²) in [5.74, 6) is 0. The molecule has 1 heterocycles. The zero-order valence-electron chi connectivity index (χ0n) is 14.7. The van der Waals surface area contributed by atoms with E-state index in [1.165, 1.54) is 15.9 Å². The number of thiocarbonyl (C=S) groups is 1. The second kappa shape index (κ2) is 7.18. The molecular weight excluding hydrogens is 348 g/mol. The summed E-state index contributed by atoms with van der Waals surface area (Å²) < 4.78 is 1.90. The maximum absolute atomic E-state index is 10.8. The van der Waals surface area contributed by atoms with Gasteiger partial charge in [-0.15, -0.1) is 0 Å². The van der Waals surface area contributed by atoms with Gasteiger partial charge in [0.1, 0.15) is 9.07 Å². The molecule has 0 saturated carbocycles. The molecule has 25 heavy (non-hydrogen) atoms. The average Bonchev–Trinajstić information content (AvgIpc) is 2.79. The maximum atomic E-state index is 10.8. The van der Waals surface area contributed by atoms with E-state index in [0.29, 0.717) is 6.54 Å². The van der Waals surface area contributed by atoms with E-state index >= 15 is 0 Å². The standard InChI is InChI=1S/C20H23N2OS2/c1-15-9-11-17(12-10-15)14-22(23)18-20(2,3)25-19(24)21(18)13-16-7-5-4-6-8-16/h4-12,14,18,23H,13H2,1-3H3/q+1. The van der Waals surface area contributed by atoms with Crippen molar-refractivity contribution in [1.82, 2.24) is 4.90 Å². The molecule has 0 spiro atoms. The van der Waals surface area contributed by atoms with Crippen molar-refractivity contribution in [3.8, 4) is 0 Å². The molecule has 1 saturated heterocycles. The highest BCUT2D eigenvalue weighted by Gasteiger charge is 2.52. The number of hydrogen-bond acceptors (Lipinski definition) is 3. The topological polar surface area (TPSA) is 26.5 Å². The molecule has 1 unspecified atom stereocenters. The third-order valence-electron chi connectivity index (χ3n) is 4.31. The lowest BCUT2D eigenvalue weighted by molar-refractivity contribution is -0.808. The average molecular weight is 372 g/mol. The van der Waals surface area contributed by atoms with Gasteiger partial charge in [0.2, 0.25) is 6.21 Å². The fourth-order valence-electron chi connectivity index (χ4n) is 3.08. The monoisotopic (exact) mass is 371 g/mol. The Morgan fingerprint density at radius 2 is 1.80 bits per heavy atom. The summed E-state index contributed by atoms with van der Waals surface area (Å²) in [6, 6.07) is 18.3. The van der Waals surface area contributed by atoms with Crippen molar-refractivity contribution in [2.45, 2.75) is 38.2 Å². The summed E-state index contributed by atoms with van der Waals surface area (Å²) in [6.45, 7) is 6.97. The fourth-order valence-corrected chi connectivity index (χ4v) is 4.96. The predicted molar refractivity (Wildman–Crippen MR) is 108 cm³/mol. The van der Waals surface area contributed by atoms with Gasteiger partial charge in [0.25, 0.3) is 6.17 Å². The van der Waals surface area contributed by atoms with Crippen molar-refractivity contribution in [1.29, 1.82) is 0 Å². The second-order valence-electron chi connectivity index (χ2n) is 6.88. The zero-order valence-corrected chi connectivity index (χ0v) is 16.3.